The zero-order chi connectivity index (χ0) is 12.7. The van der Waals surface area contributed by atoms with Crippen LogP contribution in [0.2, 0.25) is 0 Å². The van der Waals surface area contributed by atoms with Crippen LogP contribution in [0.5, 0.6) is 0 Å². The Hall–Kier alpha value is -1.49. The summed E-state index contributed by atoms with van der Waals surface area (Å²) in [4.78, 5) is 19.3. The van der Waals surface area contributed by atoms with Gasteiger partial charge in [-0.2, -0.15) is 0 Å². The molecule has 1 heterocycles. The maximum atomic E-state index is 11.7. The molecule has 0 aliphatic heterocycles. The Morgan fingerprint density at radius 2 is 2.06 bits per heavy atom. The van der Waals surface area contributed by atoms with Crippen LogP contribution in [-0.4, -0.2) is 34.1 Å². The van der Waals surface area contributed by atoms with Gasteiger partial charge in [-0.05, 0) is 18.3 Å². The van der Waals surface area contributed by atoms with E-state index in [2.05, 4.69) is 29.1 Å². The molecule has 0 radical (unpaired) electrons. The summed E-state index contributed by atoms with van der Waals surface area (Å²) in [5, 5.41) is 11.6. The Balaban J connectivity index is 2.43. The van der Waals surface area contributed by atoms with Gasteiger partial charge in [-0.25, -0.2) is 9.97 Å². The molecule has 1 aromatic heterocycles. The van der Waals surface area contributed by atoms with E-state index < -0.39 is 0 Å². The molecule has 1 amide bonds. The maximum absolute atomic E-state index is 11.7. The lowest BCUT2D eigenvalue weighted by atomic mass is 9.88. The van der Waals surface area contributed by atoms with Crippen molar-refractivity contribution >= 4 is 5.91 Å². The van der Waals surface area contributed by atoms with Crippen molar-refractivity contribution in [2.45, 2.75) is 26.7 Å². The predicted molar refractivity (Wildman–Crippen MR) is 64.5 cm³/mol. The summed E-state index contributed by atoms with van der Waals surface area (Å²) in [5.41, 5.74) is 0.444. The van der Waals surface area contributed by atoms with Gasteiger partial charge in [0, 0.05) is 25.5 Å². The summed E-state index contributed by atoms with van der Waals surface area (Å²) in [6.45, 7) is 4.87. The first-order valence-electron chi connectivity index (χ1n) is 5.69. The highest BCUT2D eigenvalue weighted by Crippen LogP contribution is 2.20. The van der Waals surface area contributed by atoms with E-state index in [9.17, 15) is 4.79 Å². The fraction of sp³-hybridized carbons (Fsp3) is 0.583. The van der Waals surface area contributed by atoms with Gasteiger partial charge in [0.15, 0.2) is 0 Å². The van der Waals surface area contributed by atoms with Crippen molar-refractivity contribution < 1.29 is 9.90 Å². The van der Waals surface area contributed by atoms with Gasteiger partial charge < -0.3 is 10.4 Å². The number of amides is 1. The van der Waals surface area contributed by atoms with Gasteiger partial charge in [-0.3, -0.25) is 4.79 Å². The Morgan fingerprint density at radius 1 is 1.41 bits per heavy atom. The molecule has 17 heavy (non-hydrogen) atoms. The number of carbonyl (C=O) groups excluding carboxylic acids is 1. The van der Waals surface area contributed by atoms with E-state index in [4.69, 9.17) is 5.11 Å². The van der Waals surface area contributed by atoms with E-state index in [1.54, 1.807) is 0 Å². The summed E-state index contributed by atoms with van der Waals surface area (Å²) >= 11 is 0. The summed E-state index contributed by atoms with van der Waals surface area (Å²) in [7, 11) is 0. The van der Waals surface area contributed by atoms with Crippen LogP contribution in [0.25, 0.3) is 0 Å². The van der Waals surface area contributed by atoms with E-state index in [1.807, 2.05) is 0 Å². The van der Waals surface area contributed by atoms with Gasteiger partial charge in [0.2, 0.25) is 0 Å². The zero-order valence-electron chi connectivity index (χ0n) is 10.3. The van der Waals surface area contributed by atoms with E-state index in [0.29, 0.717) is 12.1 Å². The third-order valence-corrected chi connectivity index (χ3v) is 2.56. The summed E-state index contributed by atoms with van der Waals surface area (Å²) in [6.07, 6.45) is 5.99. The Morgan fingerprint density at radius 3 is 2.65 bits per heavy atom. The quantitative estimate of drug-likeness (QED) is 0.774. The number of aliphatic hydroxyl groups excluding tert-OH is 1. The van der Waals surface area contributed by atoms with Gasteiger partial charge in [0.05, 0.1) is 5.56 Å². The molecule has 0 atom stereocenters. The van der Waals surface area contributed by atoms with E-state index >= 15 is 0 Å². The molecule has 1 rings (SSSR count). The van der Waals surface area contributed by atoms with Gasteiger partial charge >= 0.3 is 0 Å². The highest BCUT2D eigenvalue weighted by atomic mass is 16.2. The van der Waals surface area contributed by atoms with Gasteiger partial charge in [-0.15, -0.1) is 0 Å². The van der Waals surface area contributed by atoms with E-state index in [0.717, 1.165) is 12.8 Å². The lowest BCUT2D eigenvalue weighted by Gasteiger charge is -2.24. The second kappa shape index (κ2) is 6.30. The molecular formula is C12H19N3O2. The van der Waals surface area contributed by atoms with Gasteiger partial charge in [0.25, 0.3) is 5.91 Å². The van der Waals surface area contributed by atoms with Gasteiger partial charge in [0.1, 0.15) is 6.33 Å². The molecule has 1 aromatic rings. The van der Waals surface area contributed by atoms with Crippen molar-refractivity contribution in [3.05, 3.63) is 24.3 Å². The lowest BCUT2D eigenvalue weighted by Crippen LogP contribution is -2.34. The fourth-order valence-electron chi connectivity index (χ4n) is 1.48. The molecular weight excluding hydrogens is 218 g/mol. The lowest BCUT2D eigenvalue weighted by molar-refractivity contribution is 0.0932. The molecule has 0 bridgehead atoms. The average molecular weight is 237 g/mol. The normalized spacial score (nSPS) is 11.2. The standard InChI is InChI=1S/C12H19N3O2/c1-12(2,4-3-5-16)8-15-11(17)10-6-13-9-14-7-10/h6-7,9,16H,3-5,8H2,1-2H3,(H,15,17). The minimum absolute atomic E-state index is 0.0198. The predicted octanol–water partition coefficient (Wildman–Crippen LogP) is 1.01. The second-order valence-corrected chi connectivity index (χ2v) is 4.80. The van der Waals surface area contributed by atoms with Crippen LogP contribution < -0.4 is 5.32 Å². The van der Waals surface area contributed by atoms with Crippen molar-refractivity contribution in [2.75, 3.05) is 13.2 Å². The number of nitrogens with zero attached hydrogens (tertiary/aromatic N) is 2. The van der Waals surface area contributed by atoms with Crippen LogP contribution in [0.1, 0.15) is 37.0 Å². The monoisotopic (exact) mass is 237 g/mol. The number of hydrogen-bond donors (Lipinski definition) is 2. The average Bonchev–Trinajstić information content (AvgIpc) is 2.35. The molecule has 0 aliphatic rings. The smallest absolute Gasteiger partial charge is 0.254 e. The Kier molecular flexibility index (Phi) is 5.03. The number of rotatable bonds is 6. The Labute approximate surface area is 101 Å². The highest BCUT2D eigenvalue weighted by molar-refractivity contribution is 5.93. The molecule has 2 N–H and O–H groups in total. The maximum Gasteiger partial charge on any atom is 0.254 e. The first-order valence-corrected chi connectivity index (χ1v) is 5.69. The number of hydrogen-bond acceptors (Lipinski definition) is 4. The first-order chi connectivity index (χ1) is 8.05. The molecule has 5 nitrogen and oxygen atoms in total. The number of nitrogens with one attached hydrogen (secondary N) is 1. The fourth-order valence-corrected chi connectivity index (χ4v) is 1.48. The summed E-state index contributed by atoms with van der Waals surface area (Å²) in [6, 6.07) is 0. The van der Waals surface area contributed by atoms with Crippen LogP contribution in [0.4, 0.5) is 0 Å². The number of carbonyl (C=O) groups is 1. The van der Waals surface area contributed by atoms with Crippen LogP contribution in [0.3, 0.4) is 0 Å². The van der Waals surface area contributed by atoms with Gasteiger partial charge in [-0.1, -0.05) is 13.8 Å². The van der Waals surface area contributed by atoms with Crippen LogP contribution in [0.15, 0.2) is 18.7 Å². The second-order valence-electron chi connectivity index (χ2n) is 4.80. The van der Waals surface area contributed by atoms with E-state index in [1.165, 1.54) is 18.7 Å². The van der Waals surface area contributed by atoms with Crippen LogP contribution in [0, 0.1) is 5.41 Å². The molecule has 0 aromatic carbocycles. The SMILES string of the molecule is CC(C)(CCCO)CNC(=O)c1cncnc1. The van der Waals surface area contributed by atoms with Crippen molar-refractivity contribution in [1.29, 1.82) is 0 Å². The molecule has 0 aliphatic carbocycles. The number of aromatic nitrogens is 2. The Bertz CT molecular complexity index is 352. The molecule has 5 heteroatoms. The molecule has 94 valence electrons. The van der Waals surface area contributed by atoms with Crippen molar-refractivity contribution in [1.82, 2.24) is 15.3 Å². The van der Waals surface area contributed by atoms with Crippen LogP contribution in [-0.2, 0) is 0 Å². The minimum Gasteiger partial charge on any atom is -0.396 e. The largest absolute Gasteiger partial charge is 0.396 e. The highest BCUT2D eigenvalue weighted by Gasteiger charge is 2.18. The van der Waals surface area contributed by atoms with Crippen molar-refractivity contribution in [3.63, 3.8) is 0 Å². The zero-order valence-corrected chi connectivity index (χ0v) is 10.3. The third-order valence-electron chi connectivity index (χ3n) is 2.56. The summed E-state index contributed by atoms with van der Waals surface area (Å²) < 4.78 is 0. The minimum atomic E-state index is -0.164. The first kappa shape index (κ1) is 13.6. The molecule has 0 unspecified atom stereocenters. The van der Waals surface area contributed by atoms with E-state index in [-0.39, 0.29) is 17.9 Å². The molecule has 0 saturated heterocycles. The molecule has 0 fully saturated rings. The topological polar surface area (TPSA) is 75.1 Å². The third kappa shape index (κ3) is 4.91. The van der Waals surface area contributed by atoms with Crippen molar-refractivity contribution in [3.8, 4) is 0 Å². The van der Waals surface area contributed by atoms with Crippen molar-refractivity contribution in [2.24, 2.45) is 5.41 Å². The molecule has 0 saturated carbocycles. The van der Waals surface area contributed by atoms with Crippen LogP contribution >= 0.6 is 0 Å². The molecule has 0 spiro atoms. The number of aliphatic hydroxyl groups is 1. The summed E-state index contributed by atoms with van der Waals surface area (Å²) in [5.74, 6) is -0.164.